The van der Waals surface area contributed by atoms with E-state index in [4.69, 9.17) is 10.6 Å². The average molecular weight is 347 g/mol. The van der Waals surface area contributed by atoms with Crippen LogP contribution in [0.4, 0.5) is 0 Å². The zero-order valence-electron chi connectivity index (χ0n) is 14.5. The Morgan fingerprint density at radius 3 is 2.50 bits per heavy atom. The van der Waals surface area contributed by atoms with Crippen LogP contribution in [0.3, 0.4) is 0 Å². The van der Waals surface area contributed by atoms with E-state index in [0.29, 0.717) is 0 Å². The van der Waals surface area contributed by atoms with Crippen LogP contribution in [0.5, 0.6) is 5.75 Å². The van der Waals surface area contributed by atoms with Crippen molar-refractivity contribution < 1.29 is 14.4 Å². The van der Waals surface area contributed by atoms with Crippen LogP contribution in [0, 0.1) is 5.92 Å². The molecule has 0 saturated carbocycles. The predicted octanol–water partition coefficient (Wildman–Crippen LogP) is 4.33. The molecule has 2 aromatic rings. The molecule has 0 radical (unpaired) electrons. The Bertz CT molecular complexity index is 639. The van der Waals surface area contributed by atoms with Crippen LogP contribution in [-0.4, -0.2) is 11.6 Å². The fourth-order valence-corrected chi connectivity index (χ4v) is 3.45. The smallest absolute Gasteiger partial charge is 0.331 e. The van der Waals surface area contributed by atoms with Gasteiger partial charge in [-0.15, -0.1) is 0 Å². The van der Waals surface area contributed by atoms with Gasteiger partial charge in [0, 0.05) is 0 Å². The summed E-state index contributed by atoms with van der Waals surface area (Å²) in [5.74, 6) is 4.88. The molecule has 0 amide bonds. The summed E-state index contributed by atoms with van der Waals surface area (Å²) < 4.78 is 6.16. The van der Waals surface area contributed by atoms with Gasteiger partial charge in [0.25, 0.3) is 0 Å². The molecule has 4 nitrogen and oxygen atoms in total. The van der Waals surface area contributed by atoms with Crippen molar-refractivity contribution in [1.29, 1.82) is 0 Å². The SMILES string of the molecule is CCCC(C)(Oc1ccc(Cc2ccsc2)cc1)C(C)C(=O)ON. The molecular weight excluding hydrogens is 322 g/mol. The van der Waals surface area contributed by atoms with E-state index in [1.807, 2.05) is 19.1 Å². The van der Waals surface area contributed by atoms with E-state index >= 15 is 0 Å². The highest BCUT2D eigenvalue weighted by atomic mass is 32.1. The third kappa shape index (κ3) is 4.58. The number of ether oxygens (including phenoxy) is 1. The van der Waals surface area contributed by atoms with Crippen molar-refractivity contribution in [3.05, 3.63) is 52.2 Å². The Kier molecular flexibility index (Phi) is 6.40. The summed E-state index contributed by atoms with van der Waals surface area (Å²) in [5.41, 5.74) is 1.89. The van der Waals surface area contributed by atoms with Crippen molar-refractivity contribution in [3.8, 4) is 5.75 Å². The lowest BCUT2D eigenvalue weighted by molar-refractivity contribution is -0.156. The lowest BCUT2D eigenvalue weighted by Gasteiger charge is -2.34. The van der Waals surface area contributed by atoms with Crippen molar-refractivity contribution >= 4 is 17.3 Å². The number of thiophene rings is 1. The largest absolute Gasteiger partial charge is 0.487 e. The maximum absolute atomic E-state index is 11.8. The maximum Gasteiger partial charge on any atom is 0.331 e. The second-order valence-corrected chi connectivity index (χ2v) is 7.06. The highest BCUT2D eigenvalue weighted by Crippen LogP contribution is 2.30. The molecule has 5 heteroatoms. The van der Waals surface area contributed by atoms with E-state index in [2.05, 4.69) is 40.7 Å². The lowest BCUT2D eigenvalue weighted by atomic mass is 9.86. The molecule has 0 fully saturated rings. The second kappa shape index (κ2) is 8.31. The van der Waals surface area contributed by atoms with Gasteiger partial charge in [0.1, 0.15) is 11.4 Å². The van der Waals surface area contributed by atoms with Crippen molar-refractivity contribution in [2.75, 3.05) is 0 Å². The van der Waals surface area contributed by atoms with Gasteiger partial charge >= 0.3 is 5.97 Å². The maximum atomic E-state index is 11.8. The van der Waals surface area contributed by atoms with Crippen molar-refractivity contribution in [2.24, 2.45) is 11.8 Å². The number of nitrogens with two attached hydrogens (primary N) is 1. The number of hydrogen-bond acceptors (Lipinski definition) is 5. The van der Waals surface area contributed by atoms with Gasteiger partial charge < -0.3 is 9.57 Å². The summed E-state index contributed by atoms with van der Waals surface area (Å²) in [5, 5.41) is 4.24. The number of benzene rings is 1. The minimum atomic E-state index is -0.653. The minimum Gasteiger partial charge on any atom is -0.487 e. The van der Waals surface area contributed by atoms with Gasteiger partial charge in [-0.1, -0.05) is 25.5 Å². The van der Waals surface area contributed by atoms with E-state index in [1.54, 1.807) is 18.3 Å². The van der Waals surface area contributed by atoms with E-state index in [-0.39, 0.29) is 0 Å². The van der Waals surface area contributed by atoms with Crippen LogP contribution < -0.4 is 10.6 Å². The summed E-state index contributed by atoms with van der Waals surface area (Å²) in [6, 6.07) is 10.2. The molecule has 1 aromatic heterocycles. The quantitative estimate of drug-likeness (QED) is 0.722. The molecule has 0 saturated heterocycles. The monoisotopic (exact) mass is 347 g/mol. The molecule has 24 heavy (non-hydrogen) atoms. The summed E-state index contributed by atoms with van der Waals surface area (Å²) in [7, 11) is 0. The number of hydrogen-bond donors (Lipinski definition) is 1. The summed E-state index contributed by atoms with van der Waals surface area (Å²) in [6.07, 6.45) is 2.54. The molecule has 0 aliphatic heterocycles. The summed E-state index contributed by atoms with van der Waals surface area (Å²) >= 11 is 1.70. The molecular formula is C19H25NO3S. The fourth-order valence-electron chi connectivity index (χ4n) is 2.78. The Labute approximate surface area is 147 Å². The normalized spacial score (nSPS) is 14.7. The zero-order valence-corrected chi connectivity index (χ0v) is 15.3. The van der Waals surface area contributed by atoms with Crippen molar-refractivity contribution in [2.45, 2.75) is 45.6 Å². The lowest BCUT2D eigenvalue weighted by Crippen LogP contribution is -2.44. The molecule has 2 atom stereocenters. The molecule has 2 N–H and O–H groups in total. The van der Waals surface area contributed by atoms with Crippen LogP contribution >= 0.6 is 11.3 Å². The first-order chi connectivity index (χ1) is 11.5. The molecule has 0 bridgehead atoms. The molecule has 0 aliphatic carbocycles. The third-order valence-electron chi connectivity index (χ3n) is 4.39. The Morgan fingerprint density at radius 2 is 1.96 bits per heavy atom. The summed E-state index contributed by atoms with van der Waals surface area (Å²) in [4.78, 5) is 16.2. The topological polar surface area (TPSA) is 61.5 Å². The van der Waals surface area contributed by atoms with Crippen LogP contribution in [0.25, 0.3) is 0 Å². The van der Waals surface area contributed by atoms with E-state index in [1.165, 1.54) is 11.1 Å². The van der Waals surface area contributed by atoms with Gasteiger partial charge in [0.15, 0.2) is 0 Å². The molecule has 1 aromatic carbocycles. The number of carbonyl (C=O) groups is 1. The van der Waals surface area contributed by atoms with Gasteiger partial charge in [0.2, 0.25) is 0 Å². The van der Waals surface area contributed by atoms with Crippen molar-refractivity contribution in [3.63, 3.8) is 0 Å². The number of rotatable bonds is 8. The number of carbonyl (C=O) groups excluding carboxylic acids is 1. The zero-order chi connectivity index (χ0) is 17.6. The highest BCUT2D eigenvalue weighted by Gasteiger charge is 2.38. The van der Waals surface area contributed by atoms with Crippen LogP contribution in [0.1, 0.15) is 44.7 Å². The first-order valence-electron chi connectivity index (χ1n) is 8.18. The predicted molar refractivity (Wildman–Crippen MR) is 97.0 cm³/mol. The van der Waals surface area contributed by atoms with Crippen LogP contribution in [0.2, 0.25) is 0 Å². The molecule has 130 valence electrons. The van der Waals surface area contributed by atoms with Gasteiger partial charge in [-0.25, -0.2) is 4.79 Å². The van der Waals surface area contributed by atoms with Crippen LogP contribution in [-0.2, 0) is 16.1 Å². The summed E-state index contributed by atoms with van der Waals surface area (Å²) in [6.45, 7) is 5.78. The molecule has 2 rings (SSSR count). The first-order valence-corrected chi connectivity index (χ1v) is 9.12. The molecule has 0 aliphatic rings. The minimum absolute atomic E-state index is 0.451. The Balaban J connectivity index is 2.10. The average Bonchev–Trinajstić information content (AvgIpc) is 3.08. The van der Waals surface area contributed by atoms with E-state index in [9.17, 15) is 4.79 Å². The van der Waals surface area contributed by atoms with Crippen LogP contribution in [0.15, 0.2) is 41.1 Å². The Hall–Kier alpha value is -1.85. The first kappa shape index (κ1) is 18.5. The Morgan fingerprint density at radius 1 is 1.25 bits per heavy atom. The van der Waals surface area contributed by atoms with Gasteiger partial charge in [-0.05, 0) is 66.8 Å². The molecule has 1 heterocycles. The van der Waals surface area contributed by atoms with Gasteiger partial charge in [-0.3, -0.25) is 0 Å². The fraction of sp³-hybridized carbons (Fsp3) is 0.421. The highest BCUT2D eigenvalue weighted by molar-refractivity contribution is 7.07. The molecule has 0 spiro atoms. The standard InChI is InChI=1S/C19H25NO3S/c1-4-10-19(3,14(2)18(21)23-20)22-17-7-5-15(6-8-17)12-16-9-11-24-13-16/h5-9,11,13-14H,4,10,12,20H2,1-3H3. The van der Waals surface area contributed by atoms with Gasteiger partial charge in [-0.2, -0.15) is 17.2 Å². The molecule has 2 unspecified atom stereocenters. The van der Waals surface area contributed by atoms with Crippen molar-refractivity contribution in [1.82, 2.24) is 0 Å². The van der Waals surface area contributed by atoms with Gasteiger partial charge in [0.05, 0.1) is 5.92 Å². The van der Waals surface area contributed by atoms with E-state index in [0.717, 1.165) is 25.0 Å². The second-order valence-electron chi connectivity index (χ2n) is 6.28. The van der Waals surface area contributed by atoms with E-state index < -0.39 is 17.5 Å². The third-order valence-corrected chi connectivity index (χ3v) is 5.13.